The Hall–Kier alpha value is -3.27. The Morgan fingerprint density at radius 1 is 1.32 bits per heavy atom. The van der Waals surface area contributed by atoms with E-state index in [0.29, 0.717) is 23.0 Å². The Labute approximate surface area is 179 Å². The molecule has 162 valence electrons. The number of ether oxygens (including phenoxy) is 2. The van der Waals surface area contributed by atoms with Crippen molar-refractivity contribution in [3.05, 3.63) is 53.9 Å². The fraction of sp³-hybridized carbons (Fsp3) is 0.318. The highest BCUT2D eigenvalue weighted by Crippen LogP contribution is 2.36. The molecule has 1 fully saturated rings. The van der Waals surface area contributed by atoms with Crippen molar-refractivity contribution in [3.63, 3.8) is 0 Å². The fourth-order valence-corrected chi connectivity index (χ4v) is 3.83. The second-order valence-electron chi connectivity index (χ2n) is 7.40. The van der Waals surface area contributed by atoms with Crippen molar-refractivity contribution in [2.45, 2.75) is 31.5 Å². The Bertz CT molecular complexity index is 1140. The molecule has 9 heteroatoms. The van der Waals surface area contributed by atoms with E-state index in [1.54, 1.807) is 24.0 Å². The molecule has 0 spiro atoms. The van der Waals surface area contributed by atoms with Crippen LogP contribution in [0.5, 0.6) is 5.75 Å². The molecule has 1 aliphatic heterocycles. The molecule has 0 amide bonds. The smallest absolute Gasteiger partial charge is 0.164 e. The van der Waals surface area contributed by atoms with E-state index in [9.17, 15) is 10.2 Å². The summed E-state index contributed by atoms with van der Waals surface area (Å²) in [5, 5.41) is 22.2. The molecule has 4 N–H and O–H groups in total. The van der Waals surface area contributed by atoms with Crippen LogP contribution >= 0.6 is 0 Å². The number of amidine groups is 1. The fourth-order valence-electron chi connectivity index (χ4n) is 3.83. The number of hydrogen-bond acceptors (Lipinski definition) is 7. The van der Waals surface area contributed by atoms with Crippen molar-refractivity contribution in [1.29, 1.82) is 0 Å². The third kappa shape index (κ3) is 3.78. The van der Waals surface area contributed by atoms with Gasteiger partial charge in [0.25, 0.3) is 0 Å². The lowest BCUT2D eigenvalue weighted by Gasteiger charge is -2.18. The van der Waals surface area contributed by atoms with E-state index >= 15 is 0 Å². The van der Waals surface area contributed by atoms with Gasteiger partial charge in [0.2, 0.25) is 0 Å². The minimum Gasteiger partial charge on any atom is -0.491 e. The molecule has 1 aromatic carbocycles. The van der Waals surface area contributed by atoms with Crippen LogP contribution in [0.25, 0.3) is 10.9 Å². The van der Waals surface area contributed by atoms with Gasteiger partial charge in [0, 0.05) is 30.9 Å². The van der Waals surface area contributed by atoms with E-state index in [0.717, 1.165) is 16.5 Å². The molecule has 1 aliphatic rings. The molecule has 3 aromatic rings. The molecule has 4 atom stereocenters. The first kappa shape index (κ1) is 21.0. The second-order valence-corrected chi connectivity index (χ2v) is 7.40. The van der Waals surface area contributed by atoms with E-state index in [1.165, 1.54) is 0 Å². The lowest BCUT2D eigenvalue weighted by molar-refractivity contribution is -0.0481. The summed E-state index contributed by atoms with van der Waals surface area (Å²) in [6, 6.07) is 9.39. The van der Waals surface area contributed by atoms with Gasteiger partial charge in [-0.1, -0.05) is 6.07 Å². The first-order valence-electron chi connectivity index (χ1n) is 9.84. The zero-order valence-electron chi connectivity index (χ0n) is 17.3. The van der Waals surface area contributed by atoms with Crippen LogP contribution in [0.3, 0.4) is 0 Å². The first-order valence-corrected chi connectivity index (χ1v) is 9.84. The van der Waals surface area contributed by atoms with Gasteiger partial charge in [-0.2, -0.15) is 0 Å². The molecule has 1 saturated heterocycles. The molecule has 3 heterocycles. The third-order valence-electron chi connectivity index (χ3n) is 5.45. The standard InChI is InChI=1S/C22H25N5O4/c1-12-10-27(21(25-3)17(12)20(23)24-2)22-19(29)18(28)16(31-22)11-30-14-7-6-13-5-4-8-26-15(13)9-14/h4-10,16,18-19,22,28-29H,3,11H2,1-2H3,(H2,23,24)/t16-,18-,19-,22-/m1/s1. The minimum absolute atomic E-state index is 0.0512. The van der Waals surface area contributed by atoms with Gasteiger partial charge in [-0.25, -0.2) is 4.99 Å². The minimum atomic E-state index is -1.19. The summed E-state index contributed by atoms with van der Waals surface area (Å²) in [5.41, 5.74) is 8.22. The maximum absolute atomic E-state index is 10.7. The number of pyridine rings is 1. The summed E-state index contributed by atoms with van der Waals surface area (Å²) >= 11 is 0. The summed E-state index contributed by atoms with van der Waals surface area (Å²) in [6.45, 7) is 5.51. The first-order chi connectivity index (χ1) is 14.9. The van der Waals surface area contributed by atoms with Crippen molar-refractivity contribution >= 4 is 29.3 Å². The van der Waals surface area contributed by atoms with Crippen LogP contribution < -0.4 is 10.5 Å². The van der Waals surface area contributed by atoms with Crippen LogP contribution in [-0.2, 0) is 4.74 Å². The number of aliphatic hydroxyl groups excluding tert-OH is 2. The van der Waals surface area contributed by atoms with Crippen LogP contribution in [0, 0.1) is 6.92 Å². The molecular formula is C22H25N5O4. The van der Waals surface area contributed by atoms with Gasteiger partial charge in [-0.15, -0.1) is 0 Å². The number of benzene rings is 1. The lowest BCUT2D eigenvalue weighted by atomic mass is 10.1. The number of nitrogens with zero attached hydrogens (tertiary/aromatic N) is 4. The maximum atomic E-state index is 10.7. The summed E-state index contributed by atoms with van der Waals surface area (Å²) in [6.07, 6.45) is -0.502. The molecule has 0 radical (unpaired) electrons. The average molecular weight is 423 g/mol. The summed E-state index contributed by atoms with van der Waals surface area (Å²) < 4.78 is 13.4. The van der Waals surface area contributed by atoms with E-state index in [2.05, 4.69) is 21.7 Å². The van der Waals surface area contributed by atoms with E-state index in [4.69, 9.17) is 15.2 Å². The van der Waals surface area contributed by atoms with Crippen LogP contribution in [0.4, 0.5) is 5.82 Å². The lowest BCUT2D eigenvalue weighted by Crippen LogP contribution is -2.34. The molecule has 9 nitrogen and oxygen atoms in total. The zero-order chi connectivity index (χ0) is 22.1. The van der Waals surface area contributed by atoms with Gasteiger partial charge in [0.1, 0.15) is 42.3 Å². The normalized spacial score (nSPS) is 23.9. The third-order valence-corrected chi connectivity index (χ3v) is 5.45. The van der Waals surface area contributed by atoms with E-state index in [-0.39, 0.29) is 6.61 Å². The molecular weight excluding hydrogens is 398 g/mol. The number of fused-ring (bicyclic) bond motifs is 1. The van der Waals surface area contributed by atoms with E-state index < -0.39 is 24.5 Å². The molecule has 0 bridgehead atoms. The molecule has 0 unspecified atom stereocenters. The van der Waals surface area contributed by atoms with Crippen LogP contribution in [0.1, 0.15) is 17.4 Å². The van der Waals surface area contributed by atoms with Crippen molar-refractivity contribution in [2.24, 2.45) is 15.7 Å². The Morgan fingerprint density at radius 2 is 2.13 bits per heavy atom. The van der Waals surface area contributed by atoms with Gasteiger partial charge < -0.3 is 30.0 Å². The Balaban J connectivity index is 1.53. The monoisotopic (exact) mass is 423 g/mol. The molecule has 0 aliphatic carbocycles. The number of aromatic nitrogens is 2. The Kier molecular flexibility index (Phi) is 5.73. The molecule has 0 saturated carbocycles. The number of hydrogen-bond donors (Lipinski definition) is 3. The van der Waals surface area contributed by atoms with E-state index in [1.807, 2.05) is 37.3 Å². The highest BCUT2D eigenvalue weighted by molar-refractivity contribution is 6.03. The summed E-state index contributed by atoms with van der Waals surface area (Å²) in [5.74, 6) is 1.31. The molecule has 2 aromatic heterocycles. The second kappa shape index (κ2) is 8.46. The SMILES string of the molecule is C=Nc1c(/C(N)=N\C)c(C)cn1[C@@H]1O[C@H](COc2ccc3cccnc3c2)[C@@H](O)[C@H]1O. The van der Waals surface area contributed by atoms with Crippen molar-refractivity contribution in [1.82, 2.24) is 9.55 Å². The number of rotatable bonds is 6. The topological polar surface area (TPSA) is 127 Å². The van der Waals surface area contributed by atoms with Crippen LogP contribution in [0.15, 0.2) is 52.7 Å². The molecule has 31 heavy (non-hydrogen) atoms. The maximum Gasteiger partial charge on any atom is 0.164 e. The van der Waals surface area contributed by atoms with Gasteiger partial charge in [-0.3, -0.25) is 9.98 Å². The highest BCUT2D eigenvalue weighted by atomic mass is 16.6. The number of aliphatic hydroxyl groups is 2. The zero-order valence-corrected chi connectivity index (χ0v) is 17.3. The average Bonchev–Trinajstić information content (AvgIpc) is 3.27. The van der Waals surface area contributed by atoms with Crippen LogP contribution in [-0.4, -0.2) is 64.3 Å². The molecule has 4 rings (SSSR count). The van der Waals surface area contributed by atoms with Gasteiger partial charge >= 0.3 is 0 Å². The highest BCUT2D eigenvalue weighted by Gasteiger charge is 2.45. The van der Waals surface area contributed by atoms with Crippen molar-refractivity contribution < 1.29 is 19.7 Å². The van der Waals surface area contributed by atoms with Crippen molar-refractivity contribution in [2.75, 3.05) is 13.7 Å². The summed E-state index contributed by atoms with van der Waals surface area (Å²) in [4.78, 5) is 12.4. The number of nitrogens with two attached hydrogens (primary N) is 1. The summed E-state index contributed by atoms with van der Waals surface area (Å²) in [7, 11) is 1.58. The van der Waals surface area contributed by atoms with Crippen molar-refractivity contribution in [3.8, 4) is 5.75 Å². The Morgan fingerprint density at radius 3 is 2.87 bits per heavy atom. The van der Waals surface area contributed by atoms with Crippen LogP contribution in [0.2, 0.25) is 0 Å². The quantitative estimate of drug-likeness (QED) is 0.409. The van der Waals surface area contributed by atoms with Gasteiger partial charge in [0.15, 0.2) is 6.23 Å². The predicted octanol–water partition coefficient (Wildman–Crippen LogP) is 1.71. The predicted molar refractivity (Wildman–Crippen MR) is 118 cm³/mol. The largest absolute Gasteiger partial charge is 0.491 e. The number of aryl methyl sites for hydroxylation is 1. The number of aliphatic imine (C=N–C) groups is 2. The van der Waals surface area contributed by atoms with Gasteiger partial charge in [-0.05, 0) is 37.4 Å². The van der Waals surface area contributed by atoms with Gasteiger partial charge in [0.05, 0.1) is 11.1 Å².